The Kier molecular flexibility index (Phi) is 4.37. The van der Waals surface area contributed by atoms with Crippen LogP contribution in [0.1, 0.15) is 28.7 Å². The molecule has 2 aromatic rings. The van der Waals surface area contributed by atoms with Gasteiger partial charge in [0.2, 0.25) is 0 Å². The fourth-order valence-electron chi connectivity index (χ4n) is 2.12. The van der Waals surface area contributed by atoms with Gasteiger partial charge in [-0.3, -0.25) is 14.3 Å². The van der Waals surface area contributed by atoms with Gasteiger partial charge >= 0.3 is 5.97 Å². The Bertz CT molecular complexity index is 677. The topological polar surface area (TPSA) is 84.2 Å². The number of anilines is 1. The standard InChI is InChI=1S/C15H17N3O3/c1-3-18-13(8-10(2)17-18)15(21)16-12-7-5-4-6-11(12)9-14(19)20/h4-8H,3,9H2,1-2H3,(H,16,21)(H,19,20). The number of aryl methyl sites for hydroxylation is 2. The maximum Gasteiger partial charge on any atom is 0.307 e. The van der Waals surface area contributed by atoms with E-state index in [2.05, 4.69) is 10.4 Å². The molecule has 1 heterocycles. The number of hydrogen-bond donors (Lipinski definition) is 2. The summed E-state index contributed by atoms with van der Waals surface area (Å²) in [4.78, 5) is 23.2. The number of carboxylic acids is 1. The Morgan fingerprint density at radius 2 is 2.05 bits per heavy atom. The van der Waals surface area contributed by atoms with Crippen molar-refractivity contribution >= 4 is 17.6 Å². The molecular weight excluding hydrogens is 270 g/mol. The Morgan fingerprint density at radius 3 is 2.71 bits per heavy atom. The molecular formula is C15H17N3O3. The summed E-state index contributed by atoms with van der Waals surface area (Å²) in [5.41, 5.74) is 2.30. The molecule has 1 amide bonds. The lowest BCUT2D eigenvalue weighted by Gasteiger charge is -2.10. The molecule has 2 N–H and O–H groups in total. The third-order valence-electron chi connectivity index (χ3n) is 3.04. The van der Waals surface area contributed by atoms with Crippen molar-refractivity contribution in [3.63, 3.8) is 0 Å². The third kappa shape index (κ3) is 3.47. The number of carbonyl (C=O) groups is 2. The minimum Gasteiger partial charge on any atom is -0.481 e. The molecule has 0 radical (unpaired) electrons. The summed E-state index contributed by atoms with van der Waals surface area (Å²) in [6, 6.07) is 8.58. The zero-order chi connectivity index (χ0) is 15.4. The molecule has 0 aliphatic carbocycles. The number of hydrogen-bond acceptors (Lipinski definition) is 3. The van der Waals surface area contributed by atoms with E-state index in [9.17, 15) is 9.59 Å². The van der Waals surface area contributed by atoms with Crippen LogP contribution >= 0.6 is 0 Å². The van der Waals surface area contributed by atoms with Gasteiger partial charge in [0.15, 0.2) is 0 Å². The van der Waals surface area contributed by atoms with Crippen molar-refractivity contribution in [1.29, 1.82) is 0 Å². The van der Waals surface area contributed by atoms with E-state index in [1.54, 1.807) is 35.0 Å². The van der Waals surface area contributed by atoms with Crippen molar-refractivity contribution in [2.24, 2.45) is 0 Å². The number of aromatic nitrogens is 2. The number of amides is 1. The first kappa shape index (κ1) is 14.8. The van der Waals surface area contributed by atoms with E-state index < -0.39 is 5.97 Å². The summed E-state index contributed by atoms with van der Waals surface area (Å²) in [5, 5.41) is 15.9. The molecule has 0 aliphatic rings. The number of nitrogens with zero attached hydrogens (tertiary/aromatic N) is 2. The van der Waals surface area contributed by atoms with Crippen molar-refractivity contribution in [2.45, 2.75) is 26.8 Å². The smallest absolute Gasteiger partial charge is 0.307 e. The number of benzene rings is 1. The predicted molar refractivity (Wildman–Crippen MR) is 78.4 cm³/mol. The molecule has 0 spiro atoms. The number of carbonyl (C=O) groups excluding carboxylic acids is 1. The fourth-order valence-corrected chi connectivity index (χ4v) is 2.12. The molecule has 0 bridgehead atoms. The first-order chi connectivity index (χ1) is 10.0. The van der Waals surface area contributed by atoms with Crippen LogP contribution in [0.5, 0.6) is 0 Å². The van der Waals surface area contributed by atoms with E-state index in [0.717, 1.165) is 5.69 Å². The molecule has 21 heavy (non-hydrogen) atoms. The van der Waals surface area contributed by atoms with Crippen molar-refractivity contribution in [1.82, 2.24) is 9.78 Å². The van der Waals surface area contributed by atoms with E-state index in [-0.39, 0.29) is 12.3 Å². The molecule has 0 aliphatic heterocycles. The lowest BCUT2D eigenvalue weighted by atomic mass is 10.1. The highest BCUT2D eigenvalue weighted by Crippen LogP contribution is 2.17. The van der Waals surface area contributed by atoms with Crippen molar-refractivity contribution < 1.29 is 14.7 Å². The summed E-state index contributed by atoms with van der Waals surface area (Å²) in [6.45, 7) is 4.32. The van der Waals surface area contributed by atoms with E-state index in [4.69, 9.17) is 5.11 Å². The zero-order valence-electron chi connectivity index (χ0n) is 12.0. The molecule has 6 heteroatoms. The molecule has 0 unspecified atom stereocenters. The first-order valence-corrected chi connectivity index (χ1v) is 6.66. The van der Waals surface area contributed by atoms with E-state index in [1.807, 2.05) is 13.8 Å². The van der Waals surface area contributed by atoms with Gasteiger partial charge in [-0.15, -0.1) is 0 Å². The summed E-state index contributed by atoms with van der Waals surface area (Å²) in [5.74, 6) is -1.23. The van der Waals surface area contributed by atoms with E-state index in [1.165, 1.54) is 0 Å². The highest BCUT2D eigenvalue weighted by atomic mass is 16.4. The van der Waals surface area contributed by atoms with Crippen LogP contribution in [0.3, 0.4) is 0 Å². The largest absolute Gasteiger partial charge is 0.481 e. The van der Waals surface area contributed by atoms with Crippen LogP contribution in [0.15, 0.2) is 30.3 Å². The summed E-state index contributed by atoms with van der Waals surface area (Å²) in [6.07, 6.45) is -0.136. The number of para-hydroxylation sites is 1. The predicted octanol–water partition coefficient (Wildman–Crippen LogP) is 2.09. The maximum absolute atomic E-state index is 12.3. The number of rotatable bonds is 5. The zero-order valence-corrected chi connectivity index (χ0v) is 12.0. The molecule has 0 saturated carbocycles. The minimum atomic E-state index is -0.939. The Morgan fingerprint density at radius 1 is 1.33 bits per heavy atom. The third-order valence-corrected chi connectivity index (χ3v) is 3.04. The second-order valence-electron chi connectivity index (χ2n) is 4.67. The molecule has 1 aromatic carbocycles. The van der Waals surface area contributed by atoms with Crippen molar-refractivity contribution in [3.05, 3.63) is 47.3 Å². The summed E-state index contributed by atoms with van der Waals surface area (Å²) < 4.78 is 1.62. The van der Waals surface area contributed by atoms with Gasteiger partial charge in [-0.25, -0.2) is 0 Å². The lowest BCUT2D eigenvalue weighted by molar-refractivity contribution is -0.136. The minimum absolute atomic E-state index is 0.136. The van der Waals surface area contributed by atoms with Crippen LogP contribution in [-0.4, -0.2) is 26.8 Å². The average Bonchev–Trinajstić information content (AvgIpc) is 2.81. The van der Waals surface area contributed by atoms with E-state index >= 15 is 0 Å². The van der Waals surface area contributed by atoms with Crippen LogP contribution in [0.4, 0.5) is 5.69 Å². The number of aliphatic carboxylic acids is 1. The second-order valence-corrected chi connectivity index (χ2v) is 4.67. The van der Waals surface area contributed by atoms with Gasteiger partial charge in [0.1, 0.15) is 5.69 Å². The van der Waals surface area contributed by atoms with Gasteiger partial charge in [-0.05, 0) is 31.5 Å². The number of carboxylic acid groups (broad SMARTS) is 1. The lowest BCUT2D eigenvalue weighted by Crippen LogP contribution is -2.18. The monoisotopic (exact) mass is 287 g/mol. The molecule has 2 rings (SSSR count). The van der Waals surface area contributed by atoms with Gasteiger partial charge in [0.25, 0.3) is 5.91 Å². The van der Waals surface area contributed by atoms with Gasteiger partial charge in [0, 0.05) is 12.2 Å². The van der Waals surface area contributed by atoms with Crippen LogP contribution in [0, 0.1) is 6.92 Å². The molecule has 6 nitrogen and oxygen atoms in total. The van der Waals surface area contributed by atoms with Gasteiger partial charge in [0.05, 0.1) is 12.1 Å². The highest BCUT2D eigenvalue weighted by Gasteiger charge is 2.15. The fraction of sp³-hybridized carbons (Fsp3) is 0.267. The Balaban J connectivity index is 2.25. The summed E-state index contributed by atoms with van der Waals surface area (Å²) >= 11 is 0. The van der Waals surface area contributed by atoms with Crippen molar-refractivity contribution in [3.8, 4) is 0 Å². The van der Waals surface area contributed by atoms with Gasteiger partial charge in [-0.1, -0.05) is 18.2 Å². The van der Waals surface area contributed by atoms with Gasteiger partial charge in [-0.2, -0.15) is 5.10 Å². The molecule has 0 atom stereocenters. The summed E-state index contributed by atoms with van der Waals surface area (Å²) in [7, 11) is 0. The molecule has 1 aromatic heterocycles. The Hall–Kier alpha value is -2.63. The van der Waals surface area contributed by atoms with Crippen LogP contribution in [0.25, 0.3) is 0 Å². The van der Waals surface area contributed by atoms with Crippen LogP contribution in [0.2, 0.25) is 0 Å². The van der Waals surface area contributed by atoms with E-state index in [0.29, 0.717) is 23.5 Å². The molecule has 110 valence electrons. The Labute approximate surface area is 122 Å². The second kappa shape index (κ2) is 6.21. The van der Waals surface area contributed by atoms with Crippen LogP contribution < -0.4 is 5.32 Å². The number of nitrogens with one attached hydrogen (secondary N) is 1. The highest BCUT2D eigenvalue weighted by molar-refractivity contribution is 6.03. The SMILES string of the molecule is CCn1nc(C)cc1C(=O)Nc1ccccc1CC(=O)O. The maximum atomic E-state index is 12.3. The average molecular weight is 287 g/mol. The van der Waals surface area contributed by atoms with Crippen LogP contribution in [-0.2, 0) is 17.8 Å². The normalized spacial score (nSPS) is 10.4. The van der Waals surface area contributed by atoms with Gasteiger partial charge < -0.3 is 10.4 Å². The molecule has 0 fully saturated rings. The molecule has 0 saturated heterocycles. The quantitative estimate of drug-likeness (QED) is 0.882. The van der Waals surface area contributed by atoms with Crippen molar-refractivity contribution in [2.75, 3.05) is 5.32 Å². The first-order valence-electron chi connectivity index (χ1n) is 6.66.